The van der Waals surface area contributed by atoms with Gasteiger partial charge in [0.25, 0.3) is 5.91 Å². The molecule has 0 radical (unpaired) electrons. The van der Waals surface area contributed by atoms with Crippen molar-refractivity contribution in [2.24, 2.45) is 0 Å². The molecule has 29 heavy (non-hydrogen) atoms. The molecule has 1 aliphatic rings. The average Bonchev–Trinajstić information content (AvgIpc) is 3.18. The third kappa shape index (κ3) is 5.61. The molecule has 1 aliphatic heterocycles. The van der Waals surface area contributed by atoms with Crippen LogP contribution >= 0.6 is 11.8 Å². The summed E-state index contributed by atoms with van der Waals surface area (Å²) in [5.41, 5.74) is 1.47. The van der Waals surface area contributed by atoms with Gasteiger partial charge in [-0.05, 0) is 37.7 Å². The Morgan fingerprint density at radius 3 is 2.59 bits per heavy atom. The van der Waals surface area contributed by atoms with Gasteiger partial charge in [-0.1, -0.05) is 36.9 Å². The molecular weight excluding hydrogens is 386 g/mol. The Hall–Kier alpha value is -2.32. The highest BCUT2D eigenvalue weighted by Crippen LogP contribution is 2.22. The number of aromatic nitrogens is 2. The van der Waals surface area contributed by atoms with E-state index in [0.29, 0.717) is 12.2 Å². The summed E-state index contributed by atoms with van der Waals surface area (Å²) in [6, 6.07) is 9.91. The first kappa shape index (κ1) is 21.4. The van der Waals surface area contributed by atoms with Crippen LogP contribution < -0.4 is 10.6 Å². The first-order valence-electron chi connectivity index (χ1n) is 10.1. The Balaban J connectivity index is 1.58. The molecule has 8 heteroatoms. The highest BCUT2D eigenvalue weighted by atomic mass is 32.2. The summed E-state index contributed by atoms with van der Waals surface area (Å²) >= 11 is 1.51. The fraction of sp³-hybridized carbons (Fsp3) is 0.476. The van der Waals surface area contributed by atoms with Crippen molar-refractivity contribution < 1.29 is 9.59 Å². The van der Waals surface area contributed by atoms with Crippen LogP contribution in [0.5, 0.6) is 0 Å². The zero-order valence-electron chi connectivity index (χ0n) is 17.1. The number of likely N-dealkylation sites (tertiary alicyclic amines) is 1. The molecule has 2 N–H and O–H groups in total. The minimum Gasteiger partial charge on any atom is -0.355 e. The SMILES string of the molecule is CCCNC(=O)CN1CCC(NC(=O)c2cnc(SC)n2-c2ccccc2)CC1. The van der Waals surface area contributed by atoms with Gasteiger partial charge in [0.2, 0.25) is 5.91 Å². The normalized spacial score (nSPS) is 15.2. The number of nitrogens with one attached hydrogen (secondary N) is 2. The molecule has 1 aromatic heterocycles. The number of carbonyl (C=O) groups is 2. The van der Waals surface area contributed by atoms with Crippen molar-refractivity contribution in [3.8, 4) is 5.69 Å². The molecule has 156 valence electrons. The van der Waals surface area contributed by atoms with Crippen LogP contribution in [0.3, 0.4) is 0 Å². The minimum atomic E-state index is -0.110. The summed E-state index contributed by atoms with van der Waals surface area (Å²) < 4.78 is 1.90. The van der Waals surface area contributed by atoms with Crippen LogP contribution in [0.15, 0.2) is 41.7 Å². The number of piperidine rings is 1. The smallest absolute Gasteiger partial charge is 0.270 e. The van der Waals surface area contributed by atoms with E-state index < -0.39 is 0 Å². The molecule has 1 fully saturated rings. The summed E-state index contributed by atoms with van der Waals surface area (Å²) in [6.45, 7) is 4.80. The summed E-state index contributed by atoms with van der Waals surface area (Å²) in [6.07, 6.45) is 6.21. The Labute approximate surface area is 176 Å². The molecule has 0 bridgehead atoms. The number of hydrogen-bond donors (Lipinski definition) is 2. The number of para-hydroxylation sites is 1. The van der Waals surface area contributed by atoms with Crippen LogP contribution in [0, 0.1) is 0 Å². The summed E-state index contributed by atoms with van der Waals surface area (Å²) in [4.78, 5) is 31.4. The van der Waals surface area contributed by atoms with Gasteiger partial charge in [0.05, 0.1) is 12.7 Å². The van der Waals surface area contributed by atoms with Gasteiger partial charge in [-0.2, -0.15) is 0 Å². The maximum atomic E-state index is 13.0. The van der Waals surface area contributed by atoms with E-state index in [1.807, 2.05) is 48.1 Å². The number of benzene rings is 1. The highest BCUT2D eigenvalue weighted by molar-refractivity contribution is 7.98. The fourth-order valence-corrected chi connectivity index (χ4v) is 4.03. The first-order chi connectivity index (χ1) is 14.1. The molecule has 1 saturated heterocycles. The van der Waals surface area contributed by atoms with Crippen molar-refractivity contribution in [1.82, 2.24) is 25.1 Å². The van der Waals surface area contributed by atoms with E-state index in [9.17, 15) is 9.59 Å². The van der Waals surface area contributed by atoms with Crippen LogP contribution in [0.25, 0.3) is 5.69 Å². The van der Waals surface area contributed by atoms with E-state index in [2.05, 4.69) is 20.5 Å². The molecule has 3 rings (SSSR count). The van der Waals surface area contributed by atoms with Crippen LogP contribution in [-0.2, 0) is 4.79 Å². The molecule has 2 aromatic rings. The lowest BCUT2D eigenvalue weighted by molar-refractivity contribution is -0.122. The zero-order valence-corrected chi connectivity index (χ0v) is 17.9. The molecule has 1 aromatic carbocycles. The van der Waals surface area contributed by atoms with Gasteiger partial charge in [-0.3, -0.25) is 19.1 Å². The van der Waals surface area contributed by atoms with E-state index in [0.717, 1.165) is 49.7 Å². The van der Waals surface area contributed by atoms with Gasteiger partial charge < -0.3 is 10.6 Å². The summed E-state index contributed by atoms with van der Waals surface area (Å²) in [7, 11) is 0. The second kappa shape index (κ2) is 10.5. The monoisotopic (exact) mass is 415 g/mol. The molecule has 0 unspecified atom stereocenters. The van der Waals surface area contributed by atoms with Gasteiger partial charge in [0.1, 0.15) is 5.69 Å². The Kier molecular flexibility index (Phi) is 7.71. The molecule has 0 spiro atoms. The number of nitrogens with zero attached hydrogens (tertiary/aromatic N) is 3. The Morgan fingerprint density at radius 2 is 1.93 bits per heavy atom. The van der Waals surface area contributed by atoms with Crippen molar-refractivity contribution >= 4 is 23.6 Å². The predicted molar refractivity (Wildman–Crippen MR) is 116 cm³/mol. The van der Waals surface area contributed by atoms with E-state index in [1.54, 1.807) is 6.20 Å². The zero-order chi connectivity index (χ0) is 20.6. The minimum absolute atomic E-state index is 0.0747. The molecular formula is C21H29N5O2S. The summed E-state index contributed by atoms with van der Waals surface area (Å²) in [5.74, 6) is -0.0357. The number of hydrogen-bond acceptors (Lipinski definition) is 5. The largest absolute Gasteiger partial charge is 0.355 e. The van der Waals surface area contributed by atoms with Crippen LogP contribution in [0.4, 0.5) is 0 Å². The third-order valence-corrected chi connectivity index (χ3v) is 5.67. The van der Waals surface area contributed by atoms with Crippen LogP contribution in [0.2, 0.25) is 0 Å². The molecule has 0 aliphatic carbocycles. The summed E-state index contributed by atoms with van der Waals surface area (Å²) in [5, 5.41) is 6.85. The number of amides is 2. The van der Waals surface area contributed by atoms with Crippen molar-refractivity contribution in [2.75, 3.05) is 32.4 Å². The van der Waals surface area contributed by atoms with E-state index >= 15 is 0 Å². The van der Waals surface area contributed by atoms with Gasteiger partial charge >= 0.3 is 0 Å². The fourth-order valence-electron chi connectivity index (χ4n) is 3.48. The quantitative estimate of drug-likeness (QED) is 0.647. The van der Waals surface area contributed by atoms with Crippen molar-refractivity contribution in [2.45, 2.75) is 37.4 Å². The molecule has 2 heterocycles. The van der Waals surface area contributed by atoms with Gasteiger partial charge in [-0.25, -0.2) is 4.98 Å². The molecule has 0 atom stereocenters. The lowest BCUT2D eigenvalue weighted by Gasteiger charge is -2.31. The molecule has 2 amide bonds. The molecule has 7 nitrogen and oxygen atoms in total. The first-order valence-corrected chi connectivity index (χ1v) is 11.3. The van der Waals surface area contributed by atoms with Gasteiger partial charge in [-0.15, -0.1) is 0 Å². The van der Waals surface area contributed by atoms with E-state index in [4.69, 9.17) is 0 Å². The Bertz CT molecular complexity index is 816. The van der Waals surface area contributed by atoms with Gasteiger partial charge in [0, 0.05) is 31.4 Å². The predicted octanol–water partition coefficient (Wildman–Crippen LogP) is 2.31. The van der Waals surface area contributed by atoms with E-state index in [1.165, 1.54) is 11.8 Å². The van der Waals surface area contributed by atoms with E-state index in [-0.39, 0.29) is 17.9 Å². The number of carbonyl (C=O) groups excluding carboxylic acids is 2. The van der Waals surface area contributed by atoms with Crippen LogP contribution in [-0.4, -0.2) is 64.7 Å². The maximum absolute atomic E-state index is 13.0. The second-order valence-corrected chi connectivity index (χ2v) is 7.95. The second-order valence-electron chi connectivity index (χ2n) is 7.17. The highest BCUT2D eigenvalue weighted by Gasteiger charge is 2.24. The number of imidazole rings is 1. The lowest BCUT2D eigenvalue weighted by atomic mass is 10.0. The topological polar surface area (TPSA) is 79.3 Å². The van der Waals surface area contributed by atoms with Crippen molar-refractivity contribution in [3.63, 3.8) is 0 Å². The number of thioether (sulfide) groups is 1. The maximum Gasteiger partial charge on any atom is 0.270 e. The van der Waals surface area contributed by atoms with Crippen molar-refractivity contribution in [3.05, 3.63) is 42.2 Å². The van der Waals surface area contributed by atoms with Crippen molar-refractivity contribution in [1.29, 1.82) is 0 Å². The van der Waals surface area contributed by atoms with Crippen LogP contribution in [0.1, 0.15) is 36.7 Å². The molecule has 0 saturated carbocycles. The third-order valence-electron chi connectivity index (χ3n) is 5.02. The number of rotatable bonds is 8. The average molecular weight is 416 g/mol. The standard InChI is InChI=1S/C21H29N5O2S/c1-3-11-22-19(27)15-25-12-9-16(10-13-25)24-20(28)18-14-23-21(29-2)26(18)17-7-5-4-6-8-17/h4-8,14,16H,3,9-13,15H2,1-2H3,(H,22,27)(H,24,28). The lowest BCUT2D eigenvalue weighted by Crippen LogP contribution is -2.47. The Morgan fingerprint density at radius 1 is 1.21 bits per heavy atom. The van der Waals surface area contributed by atoms with Gasteiger partial charge in [0.15, 0.2) is 5.16 Å².